The molecule has 0 fully saturated rings. The maximum atomic E-state index is 11.8. The molecule has 0 radical (unpaired) electrons. The number of rotatable bonds is 8. The highest BCUT2D eigenvalue weighted by Gasteiger charge is 2.25. The van der Waals surface area contributed by atoms with Crippen LogP contribution in [-0.2, 0) is 0 Å². The lowest BCUT2D eigenvalue weighted by Gasteiger charge is -2.10. The van der Waals surface area contributed by atoms with E-state index in [4.69, 9.17) is 9.47 Å². The predicted octanol–water partition coefficient (Wildman–Crippen LogP) is 6.34. The van der Waals surface area contributed by atoms with E-state index in [0.29, 0.717) is 22.9 Å². The molecule has 10 nitrogen and oxygen atoms in total. The Kier molecular flexibility index (Phi) is 6.45. The Morgan fingerprint density at radius 1 is 0.848 bits per heavy atom. The van der Waals surface area contributed by atoms with E-state index in [1.807, 2.05) is 30.3 Å². The third-order valence-corrected chi connectivity index (χ3v) is 4.41. The van der Waals surface area contributed by atoms with E-state index in [2.05, 4.69) is 25.5 Å². The topological polar surface area (TPSA) is 124 Å². The summed E-state index contributed by atoms with van der Waals surface area (Å²) < 4.78 is 10.7. The van der Waals surface area contributed by atoms with Gasteiger partial charge in [-0.3, -0.25) is 10.1 Å². The minimum atomic E-state index is -0.594. The third-order valence-electron chi connectivity index (χ3n) is 4.41. The van der Waals surface area contributed by atoms with Crippen LogP contribution in [-0.4, -0.2) is 22.0 Å². The van der Waals surface area contributed by atoms with Crippen LogP contribution >= 0.6 is 0 Å². The summed E-state index contributed by atoms with van der Waals surface area (Å²) in [4.78, 5) is 19.1. The van der Waals surface area contributed by atoms with Crippen molar-refractivity contribution in [2.45, 2.75) is 0 Å². The minimum Gasteiger partial charge on any atom is -0.497 e. The number of aromatic nitrogens is 2. The highest BCUT2D eigenvalue weighted by atomic mass is 16.6. The largest absolute Gasteiger partial charge is 0.497 e. The minimum absolute atomic E-state index is 0.00262. The van der Waals surface area contributed by atoms with E-state index in [0.717, 1.165) is 5.69 Å². The van der Waals surface area contributed by atoms with Gasteiger partial charge in [-0.2, -0.15) is 15.2 Å². The maximum absolute atomic E-state index is 11.8. The fraction of sp³-hybridized carbons (Fsp3) is 0.0435. The Labute approximate surface area is 188 Å². The summed E-state index contributed by atoms with van der Waals surface area (Å²) in [5, 5.41) is 23.0. The fourth-order valence-electron chi connectivity index (χ4n) is 2.81. The molecule has 0 spiro atoms. The average Bonchev–Trinajstić information content (AvgIpc) is 2.85. The molecule has 0 aliphatic carbocycles. The molecule has 4 aromatic rings. The van der Waals surface area contributed by atoms with Gasteiger partial charge < -0.3 is 14.8 Å². The lowest BCUT2D eigenvalue weighted by molar-refractivity contribution is -0.385. The number of benzene rings is 3. The van der Waals surface area contributed by atoms with E-state index < -0.39 is 4.92 Å². The molecule has 0 bridgehead atoms. The van der Waals surface area contributed by atoms with Gasteiger partial charge in [0.05, 0.1) is 23.4 Å². The van der Waals surface area contributed by atoms with E-state index in [-0.39, 0.29) is 17.4 Å². The maximum Gasteiger partial charge on any atom is 0.373 e. The highest BCUT2D eigenvalue weighted by molar-refractivity contribution is 5.69. The van der Waals surface area contributed by atoms with Gasteiger partial charge in [0.1, 0.15) is 17.8 Å². The Hall–Kier alpha value is -4.86. The fourth-order valence-corrected chi connectivity index (χ4v) is 2.81. The average molecular weight is 442 g/mol. The first-order chi connectivity index (χ1) is 16.1. The summed E-state index contributed by atoms with van der Waals surface area (Å²) in [5.74, 6) is 0.818. The molecule has 1 aromatic heterocycles. The Morgan fingerprint density at radius 3 is 2.12 bits per heavy atom. The summed E-state index contributed by atoms with van der Waals surface area (Å²) >= 11 is 0. The van der Waals surface area contributed by atoms with Crippen LogP contribution in [0.1, 0.15) is 0 Å². The number of methoxy groups -OCH3 is 1. The number of azo groups is 1. The van der Waals surface area contributed by atoms with Crippen molar-refractivity contribution < 1.29 is 14.4 Å². The van der Waals surface area contributed by atoms with Crippen LogP contribution in [0.2, 0.25) is 0 Å². The molecular formula is C23H18N6O4. The number of nitro groups is 1. The van der Waals surface area contributed by atoms with Crippen molar-refractivity contribution in [2.75, 3.05) is 12.4 Å². The smallest absolute Gasteiger partial charge is 0.373 e. The van der Waals surface area contributed by atoms with Crippen LogP contribution in [0.4, 0.5) is 28.6 Å². The van der Waals surface area contributed by atoms with E-state index in [1.165, 1.54) is 6.33 Å². The number of nitrogens with one attached hydrogen (secondary N) is 1. The van der Waals surface area contributed by atoms with Gasteiger partial charge >= 0.3 is 11.6 Å². The van der Waals surface area contributed by atoms with Gasteiger partial charge in [-0.25, -0.2) is 4.98 Å². The summed E-state index contributed by atoms with van der Waals surface area (Å²) in [7, 11) is 1.54. The van der Waals surface area contributed by atoms with E-state index in [9.17, 15) is 10.1 Å². The normalized spacial score (nSPS) is 10.7. The van der Waals surface area contributed by atoms with Gasteiger partial charge in [0.25, 0.3) is 0 Å². The second kappa shape index (κ2) is 9.96. The van der Waals surface area contributed by atoms with Crippen molar-refractivity contribution in [3.63, 3.8) is 0 Å². The van der Waals surface area contributed by atoms with Gasteiger partial charge in [-0.05, 0) is 60.7 Å². The van der Waals surface area contributed by atoms with Crippen molar-refractivity contribution in [1.29, 1.82) is 0 Å². The zero-order valence-corrected chi connectivity index (χ0v) is 17.5. The molecule has 0 saturated heterocycles. The molecule has 4 rings (SSSR count). The second-order valence-corrected chi connectivity index (χ2v) is 6.62. The zero-order chi connectivity index (χ0) is 23.0. The summed E-state index contributed by atoms with van der Waals surface area (Å²) in [6.07, 6.45) is 1.19. The summed E-state index contributed by atoms with van der Waals surface area (Å²) in [5.41, 5.74) is 1.55. The Balaban J connectivity index is 1.53. The second-order valence-electron chi connectivity index (χ2n) is 6.62. The molecule has 0 saturated carbocycles. The number of anilines is 2. The zero-order valence-electron chi connectivity index (χ0n) is 17.5. The number of hydrogen-bond acceptors (Lipinski definition) is 9. The monoisotopic (exact) mass is 442 g/mol. The first kappa shape index (κ1) is 21.4. The third kappa shape index (κ3) is 5.44. The number of nitrogens with zero attached hydrogens (tertiary/aromatic N) is 5. The van der Waals surface area contributed by atoms with Crippen molar-refractivity contribution in [3.05, 3.63) is 95.3 Å². The first-order valence-electron chi connectivity index (χ1n) is 9.77. The van der Waals surface area contributed by atoms with Crippen molar-refractivity contribution >= 4 is 28.6 Å². The van der Waals surface area contributed by atoms with Gasteiger partial charge in [0.15, 0.2) is 0 Å². The molecule has 0 aliphatic rings. The van der Waals surface area contributed by atoms with Crippen molar-refractivity contribution in [1.82, 2.24) is 9.97 Å². The van der Waals surface area contributed by atoms with Crippen LogP contribution in [0.25, 0.3) is 0 Å². The Bertz CT molecular complexity index is 1260. The highest BCUT2D eigenvalue weighted by Crippen LogP contribution is 2.36. The lowest BCUT2D eigenvalue weighted by Crippen LogP contribution is -2.03. The molecule has 1 N–H and O–H groups in total. The van der Waals surface area contributed by atoms with Gasteiger partial charge in [0, 0.05) is 5.69 Å². The Morgan fingerprint density at radius 2 is 1.48 bits per heavy atom. The standard InChI is InChI=1S/C23H18N6O4/c1-32-19-11-13-20(14-12-19)33-23-21(29(30)31)22(24-15-25-23)26-16-7-9-18(10-8-16)28-27-17-5-3-2-4-6-17/h2-15H,1H3,(H,24,25,26). The molecule has 164 valence electrons. The lowest BCUT2D eigenvalue weighted by atomic mass is 10.3. The molecule has 0 amide bonds. The first-order valence-corrected chi connectivity index (χ1v) is 9.77. The van der Waals surface area contributed by atoms with Crippen LogP contribution in [0.15, 0.2) is 95.4 Å². The molecule has 0 aliphatic heterocycles. The van der Waals surface area contributed by atoms with Crippen LogP contribution in [0, 0.1) is 10.1 Å². The van der Waals surface area contributed by atoms with Crippen LogP contribution < -0.4 is 14.8 Å². The SMILES string of the molecule is COc1ccc(Oc2ncnc(Nc3ccc(N=Nc4ccccc4)cc3)c2[N+](=O)[O-])cc1. The molecule has 1 heterocycles. The van der Waals surface area contributed by atoms with Crippen LogP contribution in [0.5, 0.6) is 17.4 Å². The van der Waals surface area contributed by atoms with Crippen molar-refractivity contribution in [3.8, 4) is 17.4 Å². The quantitative estimate of drug-likeness (QED) is 0.192. The molecule has 33 heavy (non-hydrogen) atoms. The van der Waals surface area contributed by atoms with Gasteiger partial charge in [-0.15, -0.1) is 0 Å². The number of hydrogen-bond donors (Lipinski definition) is 1. The molecule has 3 aromatic carbocycles. The molecule has 0 atom stereocenters. The number of ether oxygens (including phenoxy) is 2. The predicted molar refractivity (Wildman–Crippen MR) is 122 cm³/mol. The summed E-state index contributed by atoms with van der Waals surface area (Å²) in [6, 6.07) is 22.9. The molecular weight excluding hydrogens is 424 g/mol. The van der Waals surface area contributed by atoms with Gasteiger partial charge in [-0.1, -0.05) is 18.2 Å². The molecule has 10 heteroatoms. The van der Waals surface area contributed by atoms with Crippen molar-refractivity contribution in [2.24, 2.45) is 10.2 Å². The molecule has 0 unspecified atom stereocenters. The summed E-state index contributed by atoms with van der Waals surface area (Å²) in [6.45, 7) is 0. The van der Waals surface area contributed by atoms with E-state index >= 15 is 0 Å². The van der Waals surface area contributed by atoms with E-state index in [1.54, 1.807) is 55.6 Å². The van der Waals surface area contributed by atoms with Gasteiger partial charge in [0.2, 0.25) is 5.82 Å². The van der Waals surface area contributed by atoms with Crippen LogP contribution in [0.3, 0.4) is 0 Å².